The van der Waals surface area contributed by atoms with E-state index in [1.807, 2.05) is 0 Å². The number of amides is 1. The lowest BCUT2D eigenvalue weighted by Gasteiger charge is -2.23. The number of nitrogens with zero attached hydrogens (tertiary/aromatic N) is 3. The number of furan rings is 1. The fourth-order valence-electron chi connectivity index (χ4n) is 3.30. The smallest absolute Gasteiger partial charge is 0.269 e. The van der Waals surface area contributed by atoms with Gasteiger partial charge in [0.1, 0.15) is 18.1 Å². The molecule has 0 bridgehead atoms. The van der Waals surface area contributed by atoms with Gasteiger partial charge in [-0.2, -0.15) is 5.10 Å². The third-order valence-electron chi connectivity index (χ3n) is 5.10. The summed E-state index contributed by atoms with van der Waals surface area (Å²) in [6, 6.07) is 22.9. The highest BCUT2D eigenvalue weighted by Crippen LogP contribution is 2.26. The normalized spacial score (nSPS) is 11.4. The number of nitrogens with one attached hydrogen (secondary N) is 1. The molecule has 0 atom stereocenters. The van der Waals surface area contributed by atoms with Crippen molar-refractivity contribution in [3.8, 4) is 11.3 Å². The molecule has 37 heavy (non-hydrogen) atoms. The van der Waals surface area contributed by atoms with Crippen LogP contribution in [0.4, 0.5) is 11.4 Å². The summed E-state index contributed by atoms with van der Waals surface area (Å²) in [5, 5.41) is 15.1. The minimum absolute atomic E-state index is 0.0237. The molecule has 10 nitrogen and oxygen atoms in total. The molecule has 3 aromatic carbocycles. The average Bonchev–Trinajstić information content (AvgIpc) is 3.37. The first kappa shape index (κ1) is 25.6. The Morgan fingerprint density at radius 1 is 1.00 bits per heavy atom. The highest BCUT2D eigenvalue weighted by Gasteiger charge is 2.27. The Kier molecular flexibility index (Phi) is 7.66. The van der Waals surface area contributed by atoms with Gasteiger partial charge in [-0.25, -0.2) is 13.8 Å². The van der Waals surface area contributed by atoms with Crippen molar-refractivity contribution in [3.05, 3.63) is 112 Å². The molecule has 1 N–H and O–H groups in total. The number of nitro benzene ring substituents is 1. The van der Waals surface area contributed by atoms with Crippen LogP contribution in [-0.4, -0.2) is 32.0 Å². The number of hydrazone groups is 1. The molecule has 0 radical (unpaired) electrons. The standard InChI is InChI=1S/C25H19ClN4O6S/c26-19-8-12-20(13-9-19)29(37(34,35)23-4-2-1-3-5-23)17-25(31)28-27-16-22-14-15-24(36-22)18-6-10-21(11-7-18)30(32)33/h1-16H,17H2,(H,28,31)/b27-16-. The predicted octanol–water partition coefficient (Wildman–Crippen LogP) is 4.85. The average molecular weight is 539 g/mol. The van der Waals surface area contributed by atoms with E-state index in [-0.39, 0.29) is 16.3 Å². The summed E-state index contributed by atoms with van der Waals surface area (Å²) in [6.07, 6.45) is 1.26. The largest absolute Gasteiger partial charge is 0.455 e. The van der Waals surface area contributed by atoms with Crippen molar-refractivity contribution in [1.82, 2.24) is 5.43 Å². The van der Waals surface area contributed by atoms with Crippen molar-refractivity contribution in [2.24, 2.45) is 5.10 Å². The van der Waals surface area contributed by atoms with E-state index in [1.54, 1.807) is 42.5 Å². The van der Waals surface area contributed by atoms with Crippen molar-refractivity contribution >= 4 is 45.1 Å². The summed E-state index contributed by atoms with van der Waals surface area (Å²) in [7, 11) is -4.06. The predicted molar refractivity (Wildman–Crippen MR) is 139 cm³/mol. The number of hydrogen-bond acceptors (Lipinski definition) is 7. The molecular weight excluding hydrogens is 520 g/mol. The molecule has 0 aliphatic carbocycles. The van der Waals surface area contributed by atoms with E-state index in [0.29, 0.717) is 22.1 Å². The Labute approximate surface area is 217 Å². The zero-order valence-corrected chi connectivity index (χ0v) is 20.6. The van der Waals surface area contributed by atoms with Crippen LogP contribution in [-0.2, 0) is 14.8 Å². The minimum Gasteiger partial charge on any atom is -0.455 e. The fraction of sp³-hybridized carbons (Fsp3) is 0.0400. The van der Waals surface area contributed by atoms with E-state index in [9.17, 15) is 23.3 Å². The number of carbonyl (C=O) groups excluding carboxylic acids is 1. The molecule has 12 heteroatoms. The molecule has 0 fully saturated rings. The summed E-state index contributed by atoms with van der Waals surface area (Å²) in [6.45, 7) is -0.539. The topological polar surface area (TPSA) is 135 Å². The summed E-state index contributed by atoms with van der Waals surface area (Å²) >= 11 is 5.94. The van der Waals surface area contributed by atoms with Gasteiger partial charge in [0.2, 0.25) is 0 Å². The van der Waals surface area contributed by atoms with Crippen molar-refractivity contribution in [2.75, 3.05) is 10.8 Å². The van der Waals surface area contributed by atoms with Gasteiger partial charge < -0.3 is 4.42 Å². The Balaban J connectivity index is 1.46. The van der Waals surface area contributed by atoms with E-state index in [2.05, 4.69) is 10.5 Å². The van der Waals surface area contributed by atoms with E-state index in [4.69, 9.17) is 16.0 Å². The van der Waals surface area contributed by atoms with Gasteiger partial charge in [-0.1, -0.05) is 29.8 Å². The van der Waals surface area contributed by atoms with Crippen LogP contribution in [0.15, 0.2) is 105 Å². The molecule has 1 aromatic heterocycles. The van der Waals surface area contributed by atoms with Crippen LogP contribution in [0.3, 0.4) is 0 Å². The van der Waals surface area contributed by atoms with Gasteiger partial charge in [-0.05, 0) is 60.7 Å². The maximum atomic E-state index is 13.3. The number of sulfonamides is 1. The van der Waals surface area contributed by atoms with Gasteiger partial charge in [0.05, 0.1) is 21.7 Å². The first-order valence-corrected chi connectivity index (χ1v) is 12.6. The van der Waals surface area contributed by atoms with Crippen molar-refractivity contribution in [1.29, 1.82) is 0 Å². The first-order chi connectivity index (χ1) is 17.7. The van der Waals surface area contributed by atoms with Crippen LogP contribution in [0.1, 0.15) is 5.76 Å². The number of nitro groups is 1. The molecular formula is C25H19ClN4O6S. The van der Waals surface area contributed by atoms with Crippen LogP contribution in [0, 0.1) is 10.1 Å². The number of rotatable bonds is 9. The lowest BCUT2D eigenvalue weighted by molar-refractivity contribution is -0.384. The lowest BCUT2D eigenvalue weighted by atomic mass is 10.1. The third kappa shape index (κ3) is 6.21. The zero-order chi connectivity index (χ0) is 26.4. The number of benzene rings is 3. The Morgan fingerprint density at radius 3 is 2.32 bits per heavy atom. The second-order valence-electron chi connectivity index (χ2n) is 7.60. The maximum Gasteiger partial charge on any atom is 0.269 e. The second-order valence-corrected chi connectivity index (χ2v) is 9.90. The number of hydrogen-bond donors (Lipinski definition) is 1. The van der Waals surface area contributed by atoms with Crippen LogP contribution in [0.5, 0.6) is 0 Å². The highest BCUT2D eigenvalue weighted by molar-refractivity contribution is 7.92. The van der Waals surface area contributed by atoms with Crippen LogP contribution in [0.25, 0.3) is 11.3 Å². The van der Waals surface area contributed by atoms with E-state index in [1.165, 1.54) is 54.7 Å². The first-order valence-electron chi connectivity index (χ1n) is 10.7. The third-order valence-corrected chi connectivity index (χ3v) is 7.14. The molecule has 188 valence electrons. The number of halogens is 1. The van der Waals surface area contributed by atoms with Gasteiger partial charge >= 0.3 is 0 Å². The number of anilines is 1. The minimum atomic E-state index is -4.06. The SMILES string of the molecule is O=C(CN(c1ccc(Cl)cc1)S(=O)(=O)c1ccccc1)N/N=C\c1ccc(-c2ccc([N+](=O)[O-])cc2)o1. The van der Waals surface area contributed by atoms with Crippen molar-refractivity contribution < 1.29 is 22.6 Å². The van der Waals surface area contributed by atoms with Gasteiger partial charge in [0, 0.05) is 22.7 Å². The second kappa shape index (κ2) is 11.1. The quantitative estimate of drug-likeness (QED) is 0.184. The van der Waals surface area contributed by atoms with Crippen molar-refractivity contribution in [2.45, 2.75) is 4.90 Å². The van der Waals surface area contributed by atoms with E-state index < -0.39 is 27.4 Å². The van der Waals surface area contributed by atoms with Gasteiger partial charge in [0.25, 0.3) is 21.6 Å². The van der Waals surface area contributed by atoms with E-state index in [0.717, 1.165) is 4.31 Å². The highest BCUT2D eigenvalue weighted by atomic mass is 35.5. The summed E-state index contributed by atoms with van der Waals surface area (Å²) < 4.78 is 33.1. The molecule has 1 heterocycles. The molecule has 1 amide bonds. The summed E-state index contributed by atoms with van der Waals surface area (Å²) in [5.74, 6) is 0.0681. The van der Waals surface area contributed by atoms with Gasteiger partial charge in [0.15, 0.2) is 0 Å². The monoisotopic (exact) mass is 538 g/mol. The zero-order valence-electron chi connectivity index (χ0n) is 19.0. The Morgan fingerprint density at radius 2 is 1.68 bits per heavy atom. The Bertz CT molecular complexity index is 1540. The molecule has 0 unspecified atom stereocenters. The number of non-ortho nitro benzene ring substituents is 1. The molecule has 0 aliphatic rings. The fourth-order valence-corrected chi connectivity index (χ4v) is 4.87. The lowest BCUT2D eigenvalue weighted by Crippen LogP contribution is -2.39. The molecule has 0 saturated heterocycles. The van der Waals surface area contributed by atoms with Gasteiger partial charge in [-0.15, -0.1) is 0 Å². The summed E-state index contributed by atoms with van der Waals surface area (Å²) in [5.41, 5.74) is 3.14. The van der Waals surface area contributed by atoms with Crippen LogP contribution in [0.2, 0.25) is 5.02 Å². The van der Waals surface area contributed by atoms with Gasteiger partial charge in [-0.3, -0.25) is 19.2 Å². The number of carbonyl (C=O) groups is 1. The van der Waals surface area contributed by atoms with Crippen LogP contribution < -0.4 is 9.73 Å². The molecule has 4 rings (SSSR count). The van der Waals surface area contributed by atoms with E-state index >= 15 is 0 Å². The molecule has 0 spiro atoms. The van der Waals surface area contributed by atoms with Crippen LogP contribution >= 0.6 is 11.6 Å². The molecule has 4 aromatic rings. The maximum absolute atomic E-state index is 13.3. The Hall–Kier alpha value is -4.48. The van der Waals surface area contributed by atoms with Crippen molar-refractivity contribution in [3.63, 3.8) is 0 Å². The summed E-state index contributed by atoms with van der Waals surface area (Å²) in [4.78, 5) is 23.0. The molecule has 0 aliphatic heterocycles. The molecule has 0 saturated carbocycles.